The minimum Gasteiger partial charge on any atom is -0.481 e. The van der Waals surface area contributed by atoms with E-state index in [-0.39, 0.29) is 6.54 Å². The molecule has 0 bridgehead atoms. The number of carbonyl (C=O) groups excluding carboxylic acids is 1. The number of aliphatic carboxylic acids is 1. The van der Waals surface area contributed by atoms with Crippen LogP contribution in [0.15, 0.2) is 24.3 Å². The molecule has 0 aliphatic carbocycles. The molecule has 0 saturated heterocycles. The number of unbranched alkanes of at least 4 members (excludes halogenated alkanes) is 7. The lowest BCUT2D eigenvalue weighted by atomic mass is 9.92. The quantitative estimate of drug-likeness (QED) is 0.200. The number of rotatable bonds is 15. The van der Waals surface area contributed by atoms with Crippen molar-refractivity contribution in [1.29, 1.82) is 0 Å². The number of allylic oxidation sites excluding steroid dienone is 3. The van der Waals surface area contributed by atoms with Gasteiger partial charge in [0.2, 0.25) is 0 Å². The fraction of sp³-hybridized carbons (Fsp3) is 0.714. The SMILES string of the molecule is CCCCCCCCCC=CC=CC(=O)[C@@](O)(CC(=O)O)C[N+](C)(C)C. The molecule has 1 atom stereocenters. The summed E-state index contributed by atoms with van der Waals surface area (Å²) in [4.78, 5) is 23.3. The molecule has 0 aromatic carbocycles. The van der Waals surface area contributed by atoms with Crippen LogP contribution < -0.4 is 0 Å². The Balaban J connectivity index is 4.33. The maximum Gasteiger partial charge on any atom is 0.307 e. The average molecular weight is 369 g/mol. The standard InChI is InChI=1S/C21H37NO4/c1-5-6-7-8-9-10-11-12-13-14-15-16-19(23)21(26,17-20(24)25)18-22(2,3)4/h13-16,26H,5-12,17-18H2,1-4H3/p+1/t21-/m1/s1. The third kappa shape index (κ3) is 12.8. The van der Waals surface area contributed by atoms with E-state index in [1.165, 1.54) is 44.6 Å². The molecule has 26 heavy (non-hydrogen) atoms. The van der Waals surface area contributed by atoms with Crippen LogP contribution in [0.25, 0.3) is 0 Å². The zero-order valence-electron chi connectivity index (χ0n) is 17.0. The van der Waals surface area contributed by atoms with E-state index in [2.05, 4.69) is 6.92 Å². The predicted octanol–water partition coefficient (Wildman–Crippen LogP) is 3.72. The van der Waals surface area contributed by atoms with Gasteiger partial charge in [0.15, 0.2) is 11.4 Å². The Morgan fingerprint density at radius 1 is 0.962 bits per heavy atom. The summed E-state index contributed by atoms with van der Waals surface area (Å²) in [5.41, 5.74) is -1.88. The highest BCUT2D eigenvalue weighted by Crippen LogP contribution is 2.17. The summed E-state index contributed by atoms with van der Waals surface area (Å²) in [7, 11) is 5.43. The molecule has 0 rings (SSSR count). The van der Waals surface area contributed by atoms with E-state index < -0.39 is 23.8 Å². The van der Waals surface area contributed by atoms with Crippen molar-refractivity contribution in [2.45, 2.75) is 70.3 Å². The minimum absolute atomic E-state index is 0.0459. The van der Waals surface area contributed by atoms with E-state index in [1.54, 1.807) is 12.2 Å². The summed E-state index contributed by atoms with van der Waals surface area (Å²) >= 11 is 0. The highest BCUT2D eigenvalue weighted by atomic mass is 16.4. The average Bonchev–Trinajstić information content (AvgIpc) is 2.49. The van der Waals surface area contributed by atoms with Gasteiger partial charge in [0.05, 0.1) is 27.6 Å². The summed E-state index contributed by atoms with van der Waals surface area (Å²) in [5, 5.41) is 19.5. The van der Waals surface area contributed by atoms with Crippen LogP contribution in [-0.2, 0) is 9.59 Å². The van der Waals surface area contributed by atoms with Crippen LogP contribution in [0.1, 0.15) is 64.7 Å². The number of hydrogen-bond donors (Lipinski definition) is 2. The normalized spacial score (nSPS) is 14.8. The van der Waals surface area contributed by atoms with Crippen molar-refractivity contribution in [3.63, 3.8) is 0 Å². The number of ketones is 1. The van der Waals surface area contributed by atoms with Crippen LogP contribution in [0.4, 0.5) is 0 Å². The molecular formula is C21H38NO4+. The molecule has 0 saturated carbocycles. The van der Waals surface area contributed by atoms with Crippen molar-refractivity contribution < 1.29 is 24.3 Å². The van der Waals surface area contributed by atoms with Gasteiger partial charge in [-0.3, -0.25) is 9.59 Å². The van der Waals surface area contributed by atoms with Crippen LogP contribution in [0.2, 0.25) is 0 Å². The van der Waals surface area contributed by atoms with Gasteiger partial charge < -0.3 is 14.7 Å². The van der Waals surface area contributed by atoms with Crippen LogP contribution >= 0.6 is 0 Å². The van der Waals surface area contributed by atoms with Gasteiger partial charge in [-0.05, 0) is 18.9 Å². The molecule has 0 spiro atoms. The van der Waals surface area contributed by atoms with Gasteiger partial charge in [0, 0.05) is 0 Å². The number of carboxylic acids is 1. The molecule has 150 valence electrons. The molecule has 0 fully saturated rings. The van der Waals surface area contributed by atoms with Gasteiger partial charge in [-0.1, -0.05) is 63.7 Å². The molecule has 0 radical (unpaired) electrons. The van der Waals surface area contributed by atoms with Crippen molar-refractivity contribution >= 4 is 11.8 Å². The van der Waals surface area contributed by atoms with Gasteiger partial charge in [-0.2, -0.15) is 0 Å². The summed E-state index contributed by atoms with van der Waals surface area (Å²) in [6, 6.07) is 0. The molecule has 5 nitrogen and oxygen atoms in total. The van der Waals surface area contributed by atoms with Crippen LogP contribution in [0.3, 0.4) is 0 Å². The smallest absolute Gasteiger partial charge is 0.307 e. The third-order valence-corrected chi connectivity index (χ3v) is 4.11. The largest absolute Gasteiger partial charge is 0.481 e. The number of aliphatic hydroxyl groups is 1. The van der Waals surface area contributed by atoms with Crippen LogP contribution in [0, 0.1) is 0 Å². The molecule has 2 N–H and O–H groups in total. The maximum atomic E-state index is 12.3. The van der Waals surface area contributed by atoms with Gasteiger partial charge in [-0.25, -0.2) is 0 Å². The molecule has 0 amide bonds. The fourth-order valence-corrected chi connectivity index (χ4v) is 2.95. The Bertz CT molecular complexity index is 477. The number of quaternary nitrogens is 1. The van der Waals surface area contributed by atoms with E-state index >= 15 is 0 Å². The first kappa shape index (κ1) is 24.5. The number of carbonyl (C=O) groups is 2. The highest BCUT2D eigenvalue weighted by molar-refractivity contribution is 5.99. The highest BCUT2D eigenvalue weighted by Gasteiger charge is 2.41. The van der Waals surface area contributed by atoms with Crippen LogP contribution in [0.5, 0.6) is 0 Å². The lowest BCUT2D eigenvalue weighted by Gasteiger charge is -2.33. The molecule has 0 aromatic heterocycles. The van der Waals surface area contributed by atoms with Crippen LogP contribution in [-0.4, -0.2) is 59.7 Å². The first-order valence-corrected chi connectivity index (χ1v) is 9.73. The van der Waals surface area contributed by atoms with E-state index in [0.29, 0.717) is 4.48 Å². The molecule has 5 heteroatoms. The first-order chi connectivity index (χ1) is 12.1. The first-order valence-electron chi connectivity index (χ1n) is 9.73. The zero-order chi connectivity index (χ0) is 20.1. The summed E-state index contributed by atoms with van der Waals surface area (Å²) < 4.78 is 0.303. The Kier molecular flexibility index (Phi) is 12.1. The van der Waals surface area contributed by atoms with Gasteiger partial charge in [0.25, 0.3) is 0 Å². The predicted molar refractivity (Wildman–Crippen MR) is 106 cm³/mol. The van der Waals surface area contributed by atoms with Crippen molar-refractivity contribution in [2.24, 2.45) is 0 Å². The molecular weight excluding hydrogens is 330 g/mol. The summed E-state index contributed by atoms with van der Waals surface area (Å²) in [6.07, 6.45) is 15.9. The van der Waals surface area contributed by atoms with Gasteiger partial charge >= 0.3 is 5.97 Å². The Labute approximate surface area is 159 Å². The fourth-order valence-electron chi connectivity index (χ4n) is 2.95. The number of carboxylic acid groups (broad SMARTS) is 1. The molecule has 0 aromatic rings. The molecule has 0 heterocycles. The van der Waals surface area contributed by atoms with Crippen molar-refractivity contribution in [3.8, 4) is 0 Å². The zero-order valence-corrected chi connectivity index (χ0v) is 17.0. The van der Waals surface area contributed by atoms with Crippen molar-refractivity contribution in [3.05, 3.63) is 24.3 Å². The second-order valence-corrected chi connectivity index (χ2v) is 8.11. The second kappa shape index (κ2) is 12.8. The molecule has 0 unspecified atom stereocenters. The Morgan fingerprint density at radius 3 is 2.08 bits per heavy atom. The number of nitrogens with zero attached hydrogens (tertiary/aromatic N) is 1. The van der Waals surface area contributed by atoms with Gasteiger partial charge in [0.1, 0.15) is 6.54 Å². The second-order valence-electron chi connectivity index (χ2n) is 8.11. The number of likely N-dealkylation sites (N-methyl/N-ethyl adjacent to an activating group) is 1. The Hall–Kier alpha value is -1.46. The number of hydrogen-bond acceptors (Lipinski definition) is 3. The maximum absolute atomic E-state index is 12.3. The van der Waals surface area contributed by atoms with Crippen molar-refractivity contribution in [1.82, 2.24) is 0 Å². The lowest BCUT2D eigenvalue weighted by Crippen LogP contribution is -2.54. The van der Waals surface area contributed by atoms with E-state index in [9.17, 15) is 14.7 Å². The summed E-state index contributed by atoms with van der Waals surface area (Å²) in [6.45, 7) is 2.26. The topological polar surface area (TPSA) is 74.6 Å². The Morgan fingerprint density at radius 2 is 1.54 bits per heavy atom. The molecule has 0 aliphatic heterocycles. The van der Waals surface area contributed by atoms with Gasteiger partial charge in [-0.15, -0.1) is 0 Å². The molecule has 0 aliphatic rings. The van der Waals surface area contributed by atoms with E-state index in [0.717, 1.165) is 12.8 Å². The minimum atomic E-state index is -1.88. The lowest BCUT2D eigenvalue weighted by molar-refractivity contribution is -0.875. The summed E-state index contributed by atoms with van der Waals surface area (Å²) in [5.74, 6) is -1.74. The van der Waals surface area contributed by atoms with Crippen molar-refractivity contribution in [2.75, 3.05) is 27.7 Å². The van der Waals surface area contributed by atoms with E-state index in [4.69, 9.17) is 5.11 Å². The third-order valence-electron chi connectivity index (χ3n) is 4.11. The monoisotopic (exact) mass is 368 g/mol. The van der Waals surface area contributed by atoms with E-state index in [1.807, 2.05) is 27.2 Å².